The highest BCUT2D eigenvalue weighted by atomic mass is 32.2. The molecule has 4 nitrogen and oxygen atoms in total. The highest BCUT2D eigenvalue weighted by molar-refractivity contribution is 8.13. The lowest BCUT2D eigenvalue weighted by molar-refractivity contribution is -0.129. The van der Waals surface area contributed by atoms with Crippen LogP contribution in [0.25, 0.3) is 0 Å². The van der Waals surface area contributed by atoms with Crippen LogP contribution in [0.5, 0.6) is 0 Å². The van der Waals surface area contributed by atoms with Crippen LogP contribution >= 0.6 is 11.8 Å². The van der Waals surface area contributed by atoms with Gasteiger partial charge >= 0.3 is 0 Å². The number of aliphatic imine (C=N–C) groups is 1. The summed E-state index contributed by atoms with van der Waals surface area (Å²) in [6, 6.07) is 0. The molecule has 0 unspecified atom stereocenters. The smallest absolute Gasteiger partial charge is 0.224 e. The monoisotopic (exact) mass is 297 g/mol. The van der Waals surface area contributed by atoms with Crippen LogP contribution in [-0.2, 0) is 4.79 Å². The van der Waals surface area contributed by atoms with E-state index in [0.29, 0.717) is 18.4 Å². The molecule has 0 aromatic carbocycles. The molecule has 2 rings (SSSR count). The van der Waals surface area contributed by atoms with Crippen molar-refractivity contribution in [1.29, 1.82) is 0 Å². The maximum absolute atomic E-state index is 11.9. The summed E-state index contributed by atoms with van der Waals surface area (Å²) >= 11 is 1.82. The molecule has 0 aromatic heterocycles. The van der Waals surface area contributed by atoms with Crippen molar-refractivity contribution in [3.63, 3.8) is 0 Å². The fourth-order valence-electron chi connectivity index (χ4n) is 2.74. The Kier molecular flexibility index (Phi) is 5.75. The number of likely N-dealkylation sites (tertiary alicyclic amines) is 1. The molecule has 0 bridgehead atoms. The molecule has 2 heterocycles. The molecule has 114 valence electrons. The lowest BCUT2D eigenvalue weighted by atomic mass is 9.84. The third-order valence-corrected chi connectivity index (χ3v) is 5.95. The fourth-order valence-corrected chi connectivity index (χ4v) is 4.04. The van der Waals surface area contributed by atoms with Gasteiger partial charge in [0.05, 0.1) is 0 Å². The van der Waals surface area contributed by atoms with E-state index in [9.17, 15) is 4.79 Å². The number of amides is 1. The minimum Gasteiger partial charge on any atom is -0.364 e. The topological polar surface area (TPSA) is 44.7 Å². The Labute approximate surface area is 126 Å². The first-order chi connectivity index (χ1) is 9.69. The van der Waals surface area contributed by atoms with Gasteiger partial charge in [0, 0.05) is 38.4 Å². The standard InChI is InChI=1S/C15H27N3OS/c1-3-15(4-2)11-17-14(20-12-15)16-8-7-13(19)18-9-5-6-10-18/h3-12H2,1-2H3,(H,16,17). The predicted octanol–water partition coefficient (Wildman–Crippen LogP) is 2.50. The Hall–Kier alpha value is -0.710. The molecule has 1 amide bonds. The molecule has 0 atom stereocenters. The van der Waals surface area contributed by atoms with Crippen LogP contribution < -0.4 is 5.32 Å². The van der Waals surface area contributed by atoms with E-state index in [4.69, 9.17) is 0 Å². The Morgan fingerprint density at radius 1 is 1.35 bits per heavy atom. The number of nitrogens with one attached hydrogen (secondary N) is 1. The van der Waals surface area contributed by atoms with Crippen molar-refractivity contribution in [3.8, 4) is 0 Å². The van der Waals surface area contributed by atoms with Gasteiger partial charge in [0.25, 0.3) is 0 Å². The molecule has 1 N–H and O–H groups in total. The lowest BCUT2D eigenvalue weighted by Gasteiger charge is -2.33. The highest BCUT2D eigenvalue weighted by Gasteiger charge is 2.30. The second-order valence-electron chi connectivity index (χ2n) is 5.88. The van der Waals surface area contributed by atoms with Gasteiger partial charge in [-0.25, -0.2) is 0 Å². The number of thioether (sulfide) groups is 1. The molecule has 2 aliphatic rings. The van der Waals surface area contributed by atoms with Gasteiger partial charge in [0.2, 0.25) is 5.91 Å². The second-order valence-corrected chi connectivity index (χ2v) is 6.85. The molecule has 1 fully saturated rings. The largest absolute Gasteiger partial charge is 0.364 e. The Morgan fingerprint density at radius 2 is 2.05 bits per heavy atom. The van der Waals surface area contributed by atoms with Gasteiger partial charge in [0.1, 0.15) is 0 Å². The average Bonchev–Trinajstić information content (AvgIpc) is 3.02. The van der Waals surface area contributed by atoms with Crippen LogP contribution in [0.1, 0.15) is 46.0 Å². The zero-order chi connectivity index (χ0) is 14.4. The summed E-state index contributed by atoms with van der Waals surface area (Å²) in [6.45, 7) is 8.05. The van der Waals surface area contributed by atoms with Gasteiger partial charge < -0.3 is 10.2 Å². The molecule has 0 radical (unpaired) electrons. The Morgan fingerprint density at radius 3 is 2.60 bits per heavy atom. The Balaban J connectivity index is 1.70. The minimum atomic E-state index is 0.285. The third-order valence-electron chi connectivity index (χ3n) is 4.65. The van der Waals surface area contributed by atoms with Crippen LogP contribution in [0.2, 0.25) is 0 Å². The van der Waals surface area contributed by atoms with Gasteiger partial charge in [-0.1, -0.05) is 25.6 Å². The molecule has 20 heavy (non-hydrogen) atoms. The van der Waals surface area contributed by atoms with Crippen LogP contribution in [0.15, 0.2) is 4.99 Å². The van der Waals surface area contributed by atoms with E-state index in [-0.39, 0.29) is 5.91 Å². The summed E-state index contributed by atoms with van der Waals surface area (Å²) in [7, 11) is 0. The molecule has 2 aliphatic heterocycles. The van der Waals surface area contributed by atoms with E-state index in [1.807, 2.05) is 16.7 Å². The normalized spacial score (nSPS) is 21.7. The molecule has 0 aromatic rings. The van der Waals surface area contributed by atoms with Crippen molar-refractivity contribution in [2.24, 2.45) is 10.4 Å². The van der Waals surface area contributed by atoms with Crippen LogP contribution in [-0.4, -0.2) is 47.9 Å². The van der Waals surface area contributed by atoms with E-state index < -0.39 is 0 Å². The highest BCUT2D eigenvalue weighted by Crippen LogP contribution is 2.34. The number of amidine groups is 1. The summed E-state index contributed by atoms with van der Waals surface area (Å²) in [6.07, 6.45) is 5.31. The molecule has 0 aliphatic carbocycles. The van der Waals surface area contributed by atoms with E-state index in [0.717, 1.165) is 43.4 Å². The SMILES string of the molecule is CCC1(CC)CN=C(NCCC(=O)N2CCCC2)SC1. The van der Waals surface area contributed by atoms with E-state index in [1.165, 1.54) is 12.8 Å². The van der Waals surface area contributed by atoms with Crippen LogP contribution in [0.3, 0.4) is 0 Å². The van der Waals surface area contributed by atoms with Gasteiger partial charge in [-0.15, -0.1) is 0 Å². The molecular weight excluding hydrogens is 270 g/mol. The van der Waals surface area contributed by atoms with Crippen LogP contribution in [0, 0.1) is 5.41 Å². The van der Waals surface area contributed by atoms with Crippen molar-refractivity contribution < 1.29 is 4.79 Å². The second kappa shape index (κ2) is 7.34. The average molecular weight is 297 g/mol. The first kappa shape index (κ1) is 15.7. The summed E-state index contributed by atoms with van der Waals surface area (Å²) in [5.41, 5.74) is 0.390. The molecule has 0 spiro atoms. The third kappa shape index (κ3) is 3.90. The maximum atomic E-state index is 11.9. The van der Waals surface area contributed by atoms with Crippen molar-refractivity contribution in [1.82, 2.24) is 10.2 Å². The zero-order valence-electron chi connectivity index (χ0n) is 12.8. The first-order valence-corrected chi connectivity index (χ1v) is 8.86. The maximum Gasteiger partial charge on any atom is 0.224 e. The Bertz CT molecular complexity index is 360. The first-order valence-electron chi connectivity index (χ1n) is 7.88. The summed E-state index contributed by atoms with van der Waals surface area (Å²) in [5, 5.41) is 4.35. The summed E-state index contributed by atoms with van der Waals surface area (Å²) < 4.78 is 0. The van der Waals surface area contributed by atoms with Gasteiger partial charge in [-0.2, -0.15) is 0 Å². The van der Waals surface area contributed by atoms with Crippen molar-refractivity contribution in [3.05, 3.63) is 0 Å². The van der Waals surface area contributed by atoms with E-state index >= 15 is 0 Å². The van der Waals surface area contributed by atoms with Crippen molar-refractivity contribution in [2.45, 2.75) is 46.0 Å². The van der Waals surface area contributed by atoms with Gasteiger partial charge in [-0.05, 0) is 31.1 Å². The van der Waals surface area contributed by atoms with Gasteiger partial charge in [0.15, 0.2) is 5.17 Å². The number of rotatable bonds is 5. The fraction of sp³-hybridized carbons (Fsp3) is 0.867. The van der Waals surface area contributed by atoms with Crippen molar-refractivity contribution in [2.75, 3.05) is 31.9 Å². The van der Waals surface area contributed by atoms with Crippen molar-refractivity contribution >= 4 is 22.8 Å². The predicted molar refractivity (Wildman–Crippen MR) is 86.2 cm³/mol. The quantitative estimate of drug-likeness (QED) is 0.848. The molecule has 1 saturated heterocycles. The molecular formula is C15H27N3OS. The zero-order valence-corrected chi connectivity index (χ0v) is 13.6. The number of hydrogen-bond donors (Lipinski definition) is 1. The summed E-state index contributed by atoms with van der Waals surface area (Å²) in [4.78, 5) is 18.6. The van der Waals surface area contributed by atoms with E-state index in [1.54, 1.807) is 0 Å². The lowest BCUT2D eigenvalue weighted by Crippen LogP contribution is -2.36. The molecule has 0 saturated carbocycles. The minimum absolute atomic E-state index is 0.285. The number of carbonyl (C=O) groups excluding carboxylic acids is 1. The number of carbonyl (C=O) groups is 1. The van der Waals surface area contributed by atoms with Gasteiger partial charge in [-0.3, -0.25) is 9.79 Å². The number of hydrogen-bond acceptors (Lipinski definition) is 4. The van der Waals surface area contributed by atoms with Crippen LogP contribution in [0.4, 0.5) is 0 Å². The number of nitrogens with zero attached hydrogens (tertiary/aromatic N) is 2. The van der Waals surface area contributed by atoms with E-state index in [2.05, 4.69) is 24.2 Å². The summed E-state index contributed by atoms with van der Waals surface area (Å²) in [5.74, 6) is 1.43. The molecule has 5 heteroatoms.